The standard InChI is InChI=1S/C23H25ClF3N5O/c1-12(2)20-10-19(22(28)33)31-32(20)15-6-4-14(5-7-15)29-18-11-21(23(25,26)27)30-17-8-3-13(24)9-16(17)18/h3,8-12,14-15H,4-7H2,1-2H3,(H2,28,33)(H,29,30). The number of fused-ring (bicyclic) bond motifs is 1. The fourth-order valence-corrected chi connectivity index (χ4v) is 4.57. The van der Waals surface area contributed by atoms with Crippen LogP contribution in [-0.4, -0.2) is 26.7 Å². The van der Waals surface area contributed by atoms with E-state index in [1.165, 1.54) is 12.1 Å². The molecule has 33 heavy (non-hydrogen) atoms. The fourth-order valence-electron chi connectivity index (χ4n) is 4.40. The van der Waals surface area contributed by atoms with Crippen LogP contribution >= 0.6 is 11.6 Å². The molecule has 10 heteroatoms. The molecule has 2 aromatic heterocycles. The summed E-state index contributed by atoms with van der Waals surface area (Å²) in [6.07, 6.45) is -1.53. The number of nitrogens with one attached hydrogen (secondary N) is 1. The Bertz CT molecular complexity index is 1180. The normalized spacial score (nSPS) is 19.2. The van der Waals surface area contributed by atoms with Gasteiger partial charge in [0.25, 0.3) is 5.91 Å². The van der Waals surface area contributed by atoms with Gasteiger partial charge in [0.15, 0.2) is 0 Å². The van der Waals surface area contributed by atoms with Crippen molar-refractivity contribution in [1.29, 1.82) is 0 Å². The zero-order chi connectivity index (χ0) is 23.9. The van der Waals surface area contributed by atoms with E-state index < -0.39 is 17.8 Å². The number of pyridine rings is 1. The minimum absolute atomic E-state index is 0.0133. The molecule has 0 aliphatic heterocycles. The van der Waals surface area contributed by atoms with Crippen LogP contribution in [0.3, 0.4) is 0 Å². The molecule has 3 aromatic rings. The molecule has 0 atom stereocenters. The van der Waals surface area contributed by atoms with E-state index in [2.05, 4.69) is 15.4 Å². The number of amides is 1. The van der Waals surface area contributed by atoms with Crippen LogP contribution in [0.25, 0.3) is 10.9 Å². The van der Waals surface area contributed by atoms with Crippen LogP contribution < -0.4 is 11.1 Å². The summed E-state index contributed by atoms with van der Waals surface area (Å²) in [5, 5.41) is 8.71. The topological polar surface area (TPSA) is 85.8 Å². The summed E-state index contributed by atoms with van der Waals surface area (Å²) >= 11 is 6.09. The Hall–Kier alpha value is -2.81. The lowest BCUT2D eigenvalue weighted by atomic mass is 9.90. The van der Waals surface area contributed by atoms with Crippen LogP contribution in [-0.2, 0) is 6.18 Å². The molecule has 1 aromatic carbocycles. The van der Waals surface area contributed by atoms with E-state index in [-0.39, 0.29) is 29.2 Å². The Balaban J connectivity index is 1.55. The summed E-state index contributed by atoms with van der Waals surface area (Å²) < 4.78 is 42.1. The first-order valence-electron chi connectivity index (χ1n) is 10.9. The molecule has 1 fully saturated rings. The van der Waals surface area contributed by atoms with Gasteiger partial charge >= 0.3 is 6.18 Å². The highest BCUT2D eigenvalue weighted by Crippen LogP contribution is 2.37. The van der Waals surface area contributed by atoms with Gasteiger partial charge < -0.3 is 11.1 Å². The molecule has 1 aliphatic carbocycles. The zero-order valence-corrected chi connectivity index (χ0v) is 19.0. The van der Waals surface area contributed by atoms with Crippen molar-refractivity contribution in [2.75, 3.05) is 5.32 Å². The molecule has 0 radical (unpaired) electrons. The predicted octanol–water partition coefficient (Wildman–Crippen LogP) is 5.92. The zero-order valence-electron chi connectivity index (χ0n) is 18.3. The number of rotatable bonds is 5. The van der Waals surface area contributed by atoms with Gasteiger partial charge in [0.1, 0.15) is 11.4 Å². The lowest BCUT2D eigenvalue weighted by Crippen LogP contribution is -2.29. The molecule has 1 aliphatic rings. The number of halogens is 4. The monoisotopic (exact) mass is 479 g/mol. The van der Waals surface area contributed by atoms with Crippen LogP contribution in [0.2, 0.25) is 5.02 Å². The van der Waals surface area contributed by atoms with Gasteiger partial charge in [0.2, 0.25) is 0 Å². The summed E-state index contributed by atoms with van der Waals surface area (Å²) in [7, 11) is 0. The fraction of sp³-hybridized carbons (Fsp3) is 0.435. The second-order valence-corrected chi connectivity index (χ2v) is 9.22. The highest BCUT2D eigenvalue weighted by atomic mass is 35.5. The highest BCUT2D eigenvalue weighted by Gasteiger charge is 2.34. The van der Waals surface area contributed by atoms with Crippen molar-refractivity contribution in [1.82, 2.24) is 14.8 Å². The van der Waals surface area contributed by atoms with Gasteiger partial charge in [0, 0.05) is 27.8 Å². The molecule has 176 valence electrons. The average Bonchev–Trinajstić information content (AvgIpc) is 3.20. The van der Waals surface area contributed by atoms with Crippen LogP contribution in [0.5, 0.6) is 0 Å². The average molecular weight is 480 g/mol. The van der Waals surface area contributed by atoms with Crippen molar-refractivity contribution in [3.05, 3.63) is 52.4 Å². The highest BCUT2D eigenvalue weighted by molar-refractivity contribution is 6.31. The smallest absolute Gasteiger partial charge is 0.382 e. The van der Waals surface area contributed by atoms with E-state index in [1.807, 2.05) is 18.5 Å². The third-order valence-corrected chi connectivity index (χ3v) is 6.31. The number of primary amides is 1. The van der Waals surface area contributed by atoms with Crippen LogP contribution in [0.1, 0.15) is 73.4 Å². The Morgan fingerprint density at radius 3 is 2.48 bits per heavy atom. The number of hydrogen-bond acceptors (Lipinski definition) is 4. The van der Waals surface area contributed by atoms with Gasteiger partial charge in [-0.25, -0.2) is 4.98 Å². The van der Waals surface area contributed by atoms with Crippen molar-refractivity contribution < 1.29 is 18.0 Å². The minimum Gasteiger partial charge on any atom is -0.382 e. The quantitative estimate of drug-likeness (QED) is 0.475. The molecular weight excluding hydrogens is 455 g/mol. The van der Waals surface area contributed by atoms with Crippen molar-refractivity contribution in [2.24, 2.45) is 5.73 Å². The van der Waals surface area contributed by atoms with Gasteiger partial charge in [-0.15, -0.1) is 0 Å². The molecule has 4 rings (SSSR count). The molecule has 0 spiro atoms. The van der Waals surface area contributed by atoms with E-state index in [9.17, 15) is 18.0 Å². The maximum absolute atomic E-state index is 13.4. The first kappa shape index (κ1) is 23.4. The van der Waals surface area contributed by atoms with Crippen LogP contribution in [0.4, 0.5) is 18.9 Å². The van der Waals surface area contributed by atoms with Gasteiger partial charge in [-0.3, -0.25) is 9.48 Å². The largest absolute Gasteiger partial charge is 0.433 e. The van der Waals surface area contributed by atoms with E-state index >= 15 is 0 Å². The van der Waals surface area contributed by atoms with Crippen molar-refractivity contribution >= 4 is 34.1 Å². The molecule has 0 unspecified atom stereocenters. The maximum atomic E-state index is 13.4. The molecule has 6 nitrogen and oxygen atoms in total. The Morgan fingerprint density at radius 2 is 1.88 bits per heavy atom. The van der Waals surface area contributed by atoms with Crippen molar-refractivity contribution in [3.8, 4) is 0 Å². The number of nitrogens with two attached hydrogens (primary N) is 1. The summed E-state index contributed by atoms with van der Waals surface area (Å²) in [6.45, 7) is 4.06. The number of alkyl halides is 3. The Labute approximate surface area is 194 Å². The van der Waals surface area contributed by atoms with Gasteiger partial charge in [0.05, 0.1) is 11.6 Å². The summed E-state index contributed by atoms with van der Waals surface area (Å²) in [4.78, 5) is 15.4. The molecule has 0 saturated heterocycles. The second-order valence-electron chi connectivity index (χ2n) is 8.78. The number of aromatic nitrogens is 3. The molecule has 3 N–H and O–H groups in total. The van der Waals surface area contributed by atoms with E-state index in [0.717, 1.165) is 37.4 Å². The predicted molar refractivity (Wildman–Crippen MR) is 122 cm³/mol. The minimum atomic E-state index is -4.55. The molecule has 1 saturated carbocycles. The number of carbonyl (C=O) groups excluding carboxylic acids is 1. The van der Waals surface area contributed by atoms with Crippen LogP contribution in [0, 0.1) is 0 Å². The van der Waals surface area contributed by atoms with E-state index in [1.54, 1.807) is 12.1 Å². The van der Waals surface area contributed by atoms with Crippen molar-refractivity contribution in [3.63, 3.8) is 0 Å². The Kier molecular flexibility index (Phi) is 6.26. The summed E-state index contributed by atoms with van der Waals surface area (Å²) in [6, 6.07) is 7.53. The first-order valence-corrected chi connectivity index (χ1v) is 11.2. The first-order chi connectivity index (χ1) is 15.5. The number of hydrogen-bond donors (Lipinski definition) is 2. The van der Waals surface area contributed by atoms with Gasteiger partial charge in [-0.2, -0.15) is 18.3 Å². The molecule has 0 bridgehead atoms. The number of anilines is 1. The SMILES string of the molecule is CC(C)c1cc(C(N)=O)nn1C1CCC(Nc2cc(C(F)(F)F)nc3ccc(Cl)cc23)CC1. The second kappa shape index (κ2) is 8.85. The Morgan fingerprint density at radius 1 is 1.18 bits per heavy atom. The third-order valence-electron chi connectivity index (χ3n) is 6.07. The summed E-state index contributed by atoms with van der Waals surface area (Å²) in [5.74, 6) is -0.384. The van der Waals surface area contributed by atoms with Gasteiger partial charge in [-0.05, 0) is 61.9 Å². The van der Waals surface area contributed by atoms with Gasteiger partial charge in [-0.1, -0.05) is 25.4 Å². The van der Waals surface area contributed by atoms with E-state index in [0.29, 0.717) is 16.1 Å². The molecule has 2 heterocycles. The van der Waals surface area contributed by atoms with Crippen molar-refractivity contribution in [2.45, 2.75) is 63.7 Å². The molecule has 1 amide bonds. The third kappa shape index (κ3) is 4.93. The number of benzene rings is 1. The van der Waals surface area contributed by atoms with Crippen LogP contribution in [0.15, 0.2) is 30.3 Å². The lowest BCUT2D eigenvalue weighted by Gasteiger charge is -2.31. The number of nitrogens with zero attached hydrogens (tertiary/aromatic N) is 3. The summed E-state index contributed by atoms with van der Waals surface area (Å²) in [5.41, 5.74) is 6.28. The van der Waals surface area contributed by atoms with E-state index in [4.69, 9.17) is 17.3 Å². The number of carbonyl (C=O) groups is 1. The molecular formula is C23H25ClF3N5O. The lowest BCUT2D eigenvalue weighted by molar-refractivity contribution is -0.140. The maximum Gasteiger partial charge on any atom is 0.433 e.